The molecule has 4 rings (SSSR count). The topological polar surface area (TPSA) is 53.3 Å². The van der Waals surface area contributed by atoms with E-state index >= 15 is 0 Å². The van der Waals surface area contributed by atoms with Gasteiger partial charge in [-0.15, -0.1) is 0 Å². The molecule has 0 aliphatic carbocycles. The van der Waals surface area contributed by atoms with Crippen LogP contribution in [0.4, 0.5) is 0 Å². The molecule has 2 N–H and O–H groups in total. The monoisotopic (exact) mass is 392 g/mol. The molecule has 1 aromatic carbocycles. The van der Waals surface area contributed by atoms with Gasteiger partial charge in [-0.3, -0.25) is 4.98 Å². The molecule has 0 amide bonds. The Morgan fingerprint density at radius 2 is 1.93 bits per heavy atom. The molecular formula is C22H24N4OS. The molecule has 3 heterocycles. The van der Waals surface area contributed by atoms with Crippen LogP contribution >= 0.6 is 12.2 Å². The molecule has 1 aliphatic heterocycles. The molecule has 3 aromatic rings. The second-order valence-electron chi connectivity index (χ2n) is 6.99. The summed E-state index contributed by atoms with van der Waals surface area (Å²) in [6.45, 7) is 2.95. The van der Waals surface area contributed by atoms with E-state index in [0.717, 1.165) is 17.1 Å². The van der Waals surface area contributed by atoms with Gasteiger partial charge >= 0.3 is 0 Å². The number of aliphatic hydroxyl groups is 1. The normalized spacial score (nSPS) is 19.1. The van der Waals surface area contributed by atoms with Crippen molar-refractivity contribution in [3.63, 3.8) is 0 Å². The predicted molar refractivity (Wildman–Crippen MR) is 114 cm³/mol. The van der Waals surface area contributed by atoms with Crippen molar-refractivity contribution in [2.24, 2.45) is 0 Å². The molecule has 144 valence electrons. The maximum absolute atomic E-state index is 9.37. The summed E-state index contributed by atoms with van der Waals surface area (Å²) in [7, 11) is 0. The summed E-state index contributed by atoms with van der Waals surface area (Å²) in [6, 6.07) is 18.5. The van der Waals surface area contributed by atoms with Crippen LogP contribution < -0.4 is 5.32 Å². The molecule has 1 saturated heterocycles. The van der Waals surface area contributed by atoms with Gasteiger partial charge in [-0.2, -0.15) is 0 Å². The Hall–Kier alpha value is -2.70. The summed E-state index contributed by atoms with van der Waals surface area (Å²) >= 11 is 5.66. The first-order valence-corrected chi connectivity index (χ1v) is 9.93. The van der Waals surface area contributed by atoms with Crippen LogP contribution in [0, 0.1) is 6.92 Å². The number of rotatable bonds is 6. The third-order valence-electron chi connectivity index (χ3n) is 5.21. The van der Waals surface area contributed by atoms with Gasteiger partial charge in [0.1, 0.15) is 0 Å². The highest BCUT2D eigenvalue weighted by atomic mass is 32.1. The van der Waals surface area contributed by atoms with Crippen LogP contribution in [-0.4, -0.2) is 37.8 Å². The molecular weight excluding hydrogens is 368 g/mol. The zero-order valence-electron chi connectivity index (χ0n) is 15.8. The lowest BCUT2D eigenvalue weighted by atomic mass is 10.0. The molecule has 6 heteroatoms. The number of pyridine rings is 1. The van der Waals surface area contributed by atoms with E-state index in [1.54, 1.807) is 0 Å². The van der Waals surface area contributed by atoms with E-state index in [1.807, 2.05) is 24.4 Å². The number of nitrogens with one attached hydrogen (secondary N) is 1. The Bertz CT molecular complexity index is 956. The summed E-state index contributed by atoms with van der Waals surface area (Å²) < 4.78 is 2.23. The summed E-state index contributed by atoms with van der Waals surface area (Å²) in [5, 5.41) is 13.5. The SMILES string of the molecule is Cc1ccccc1-n1cccc1C1C(c2ccccn2)NC(=S)N1CCCO. The summed E-state index contributed by atoms with van der Waals surface area (Å²) in [5.41, 5.74) is 4.47. The van der Waals surface area contributed by atoms with Crippen LogP contribution in [0.15, 0.2) is 67.0 Å². The smallest absolute Gasteiger partial charge is 0.170 e. The number of para-hydroxylation sites is 1. The molecule has 2 atom stereocenters. The van der Waals surface area contributed by atoms with Gasteiger partial charge in [-0.05, 0) is 61.5 Å². The molecule has 1 aliphatic rings. The number of hydrogen-bond acceptors (Lipinski definition) is 3. The van der Waals surface area contributed by atoms with E-state index in [0.29, 0.717) is 18.1 Å². The molecule has 0 spiro atoms. The lowest BCUT2D eigenvalue weighted by Crippen LogP contribution is -2.31. The standard InChI is InChI=1S/C22H24N4OS/c1-16-8-2-3-10-18(16)25-13-6-11-19(25)21-20(17-9-4-5-12-23-17)24-22(28)26(21)14-7-15-27/h2-6,8-13,20-21,27H,7,14-15H2,1H3,(H,24,28). The molecule has 5 nitrogen and oxygen atoms in total. The van der Waals surface area contributed by atoms with Gasteiger partial charge in [-0.25, -0.2) is 0 Å². The van der Waals surface area contributed by atoms with Gasteiger partial charge in [0, 0.05) is 36.9 Å². The molecule has 28 heavy (non-hydrogen) atoms. The maximum atomic E-state index is 9.37. The van der Waals surface area contributed by atoms with Crippen LogP contribution in [0.5, 0.6) is 0 Å². The van der Waals surface area contributed by atoms with Crippen LogP contribution in [0.25, 0.3) is 5.69 Å². The third-order valence-corrected chi connectivity index (χ3v) is 5.57. The third kappa shape index (κ3) is 3.41. The van der Waals surface area contributed by atoms with Crippen LogP contribution in [0.1, 0.15) is 35.5 Å². The molecule has 0 radical (unpaired) electrons. The Labute approximate surface area is 170 Å². The van der Waals surface area contributed by atoms with Crippen molar-refractivity contribution >= 4 is 17.3 Å². The van der Waals surface area contributed by atoms with Gasteiger partial charge < -0.3 is 19.9 Å². The first-order valence-electron chi connectivity index (χ1n) is 9.53. The highest BCUT2D eigenvalue weighted by Gasteiger charge is 2.40. The van der Waals surface area contributed by atoms with Crippen molar-refractivity contribution in [2.75, 3.05) is 13.2 Å². The minimum Gasteiger partial charge on any atom is -0.396 e. The van der Waals surface area contributed by atoms with Gasteiger partial charge in [0.2, 0.25) is 0 Å². The van der Waals surface area contributed by atoms with Crippen LogP contribution in [-0.2, 0) is 0 Å². The fraction of sp³-hybridized carbons (Fsp3) is 0.273. The van der Waals surface area contributed by atoms with E-state index in [-0.39, 0.29) is 18.7 Å². The largest absolute Gasteiger partial charge is 0.396 e. The highest BCUT2D eigenvalue weighted by Crippen LogP contribution is 2.39. The number of aryl methyl sites for hydroxylation is 1. The van der Waals surface area contributed by atoms with E-state index in [1.165, 1.54) is 5.56 Å². The highest BCUT2D eigenvalue weighted by molar-refractivity contribution is 7.80. The first kappa shape index (κ1) is 18.7. The van der Waals surface area contributed by atoms with E-state index in [4.69, 9.17) is 12.2 Å². The van der Waals surface area contributed by atoms with E-state index < -0.39 is 0 Å². The second kappa shape index (κ2) is 8.12. The van der Waals surface area contributed by atoms with Crippen molar-refractivity contribution in [2.45, 2.75) is 25.4 Å². The second-order valence-corrected chi connectivity index (χ2v) is 7.37. The fourth-order valence-electron chi connectivity index (χ4n) is 3.90. The average Bonchev–Trinajstić information content (AvgIpc) is 3.31. The number of nitrogens with zero attached hydrogens (tertiary/aromatic N) is 3. The lowest BCUT2D eigenvalue weighted by Gasteiger charge is -2.29. The zero-order valence-corrected chi connectivity index (χ0v) is 16.6. The van der Waals surface area contributed by atoms with Gasteiger partial charge in [0.25, 0.3) is 0 Å². The fourth-order valence-corrected chi connectivity index (χ4v) is 4.23. The van der Waals surface area contributed by atoms with Crippen molar-refractivity contribution in [3.05, 3.63) is 83.9 Å². The summed E-state index contributed by atoms with van der Waals surface area (Å²) in [4.78, 5) is 6.76. The number of hydrogen-bond donors (Lipinski definition) is 2. The van der Waals surface area contributed by atoms with E-state index in [2.05, 4.69) is 69.3 Å². The molecule has 0 saturated carbocycles. The average molecular weight is 393 g/mol. The van der Waals surface area contributed by atoms with Gasteiger partial charge in [0.05, 0.1) is 17.8 Å². The number of benzene rings is 1. The molecule has 1 fully saturated rings. The Kier molecular flexibility index (Phi) is 5.41. The Morgan fingerprint density at radius 3 is 2.68 bits per heavy atom. The maximum Gasteiger partial charge on any atom is 0.170 e. The van der Waals surface area contributed by atoms with Crippen molar-refractivity contribution in [3.8, 4) is 5.69 Å². The van der Waals surface area contributed by atoms with Crippen molar-refractivity contribution < 1.29 is 5.11 Å². The quantitative estimate of drug-likeness (QED) is 0.629. The lowest BCUT2D eigenvalue weighted by molar-refractivity contribution is 0.245. The van der Waals surface area contributed by atoms with Crippen LogP contribution in [0.2, 0.25) is 0 Å². The van der Waals surface area contributed by atoms with Gasteiger partial charge in [0.15, 0.2) is 5.11 Å². The minimum atomic E-state index is -0.0509. The van der Waals surface area contributed by atoms with Crippen molar-refractivity contribution in [1.29, 1.82) is 0 Å². The number of aromatic nitrogens is 2. The summed E-state index contributed by atoms with van der Waals surface area (Å²) in [5.74, 6) is 0. The Balaban J connectivity index is 1.81. The zero-order chi connectivity index (χ0) is 19.5. The minimum absolute atomic E-state index is 0.0106. The summed E-state index contributed by atoms with van der Waals surface area (Å²) in [6.07, 6.45) is 4.57. The Morgan fingerprint density at radius 1 is 1.11 bits per heavy atom. The van der Waals surface area contributed by atoms with Crippen molar-refractivity contribution in [1.82, 2.24) is 19.8 Å². The number of thiocarbonyl (C=S) groups is 1. The predicted octanol–water partition coefficient (Wildman–Crippen LogP) is 3.54. The van der Waals surface area contributed by atoms with Crippen LogP contribution in [0.3, 0.4) is 0 Å². The van der Waals surface area contributed by atoms with E-state index in [9.17, 15) is 5.11 Å². The molecule has 0 bridgehead atoms. The number of aliphatic hydroxyl groups excluding tert-OH is 1. The van der Waals surface area contributed by atoms with Gasteiger partial charge in [-0.1, -0.05) is 24.3 Å². The first-order chi connectivity index (χ1) is 13.7. The molecule has 2 aromatic heterocycles. The molecule has 2 unspecified atom stereocenters.